The molecule has 0 fully saturated rings. The zero-order valence-electron chi connectivity index (χ0n) is 24.2. The molecule has 212 valence electrons. The summed E-state index contributed by atoms with van der Waals surface area (Å²) in [5, 5.41) is 9.05. The minimum Gasteiger partial charge on any atom is -0.438 e. The maximum absolute atomic E-state index is 6.54. The fraction of sp³-hybridized carbons (Fsp3) is 0.0250. The Hall–Kier alpha value is -6.07. The van der Waals surface area contributed by atoms with Crippen LogP contribution in [0.2, 0.25) is 0 Å². The highest BCUT2D eigenvalue weighted by atomic mass is 16.3. The lowest BCUT2D eigenvalue weighted by molar-refractivity contribution is 0.655. The Kier molecular flexibility index (Phi) is 5.81. The van der Waals surface area contributed by atoms with Gasteiger partial charge in [-0.2, -0.15) is 0 Å². The molecule has 3 heterocycles. The summed E-state index contributed by atoms with van der Waals surface area (Å²) in [6.07, 6.45) is -0.314. The first-order valence-corrected chi connectivity index (χ1v) is 15.1. The van der Waals surface area contributed by atoms with Gasteiger partial charge in [-0.25, -0.2) is 15.0 Å². The van der Waals surface area contributed by atoms with Crippen molar-refractivity contribution in [1.29, 1.82) is 0 Å². The number of hydrogen-bond acceptors (Lipinski definition) is 5. The molecule has 0 saturated heterocycles. The van der Waals surface area contributed by atoms with E-state index in [0.29, 0.717) is 11.5 Å². The Labute approximate surface area is 259 Å². The second-order valence-corrected chi connectivity index (χ2v) is 11.3. The molecular formula is C40H26N4O. The van der Waals surface area contributed by atoms with E-state index in [9.17, 15) is 0 Å². The normalized spacial score (nSPS) is 14.9. The molecule has 1 aliphatic heterocycles. The number of fused-ring (bicyclic) bond motifs is 5. The Morgan fingerprint density at radius 2 is 1.31 bits per heavy atom. The average Bonchev–Trinajstić information content (AvgIpc) is 3.47. The topological polar surface area (TPSA) is 62.8 Å². The van der Waals surface area contributed by atoms with Crippen molar-refractivity contribution in [3.8, 4) is 11.1 Å². The van der Waals surface area contributed by atoms with Gasteiger partial charge in [-0.3, -0.25) is 0 Å². The molecule has 9 rings (SSSR count). The van der Waals surface area contributed by atoms with Gasteiger partial charge in [-0.15, -0.1) is 0 Å². The Balaban J connectivity index is 1.32. The molecule has 8 aromatic rings. The third-order valence-electron chi connectivity index (χ3n) is 8.49. The van der Waals surface area contributed by atoms with Crippen molar-refractivity contribution < 1.29 is 4.42 Å². The van der Waals surface area contributed by atoms with Crippen LogP contribution in [0.1, 0.15) is 22.9 Å². The van der Waals surface area contributed by atoms with Crippen LogP contribution in [0.3, 0.4) is 0 Å². The summed E-state index contributed by atoms with van der Waals surface area (Å²) in [6.45, 7) is 0. The molecule has 5 nitrogen and oxygen atoms in total. The van der Waals surface area contributed by atoms with Gasteiger partial charge < -0.3 is 9.73 Å². The van der Waals surface area contributed by atoms with Crippen LogP contribution in [0.25, 0.3) is 54.9 Å². The number of furan rings is 1. The van der Waals surface area contributed by atoms with E-state index in [2.05, 4.69) is 96.3 Å². The number of nitrogens with one attached hydrogen (secondary N) is 1. The zero-order valence-corrected chi connectivity index (χ0v) is 24.2. The minimum absolute atomic E-state index is 0.314. The van der Waals surface area contributed by atoms with Crippen LogP contribution in [-0.4, -0.2) is 16.7 Å². The lowest BCUT2D eigenvalue weighted by Gasteiger charge is -2.24. The first kappa shape index (κ1) is 25.4. The van der Waals surface area contributed by atoms with Crippen LogP contribution in [-0.2, 0) is 0 Å². The SMILES string of the molecule is c1ccc(C2=NC(c3ccccc3)NC(c3cc(-c4ccc5ccccc5c4)cc4oc5nc6ccccc6cc5c34)=N2)cc1. The van der Waals surface area contributed by atoms with Crippen LogP contribution in [0.15, 0.2) is 160 Å². The van der Waals surface area contributed by atoms with Crippen LogP contribution in [0.5, 0.6) is 0 Å². The molecule has 0 radical (unpaired) electrons. The molecule has 1 atom stereocenters. The van der Waals surface area contributed by atoms with Gasteiger partial charge in [0.1, 0.15) is 17.6 Å². The third kappa shape index (κ3) is 4.45. The monoisotopic (exact) mass is 578 g/mol. The summed E-state index contributed by atoms with van der Waals surface area (Å²) >= 11 is 0. The van der Waals surface area contributed by atoms with Crippen LogP contribution in [0, 0.1) is 0 Å². The summed E-state index contributed by atoms with van der Waals surface area (Å²) in [5.41, 5.74) is 7.37. The average molecular weight is 579 g/mol. The maximum Gasteiger partial charge on any atom is 0.227 e. The number of hydrogen-bond donors (Lipinski definition) is 1. The van der Waals surface area contributed by atoms with Gasteiger partial charge in [0, 0.05) is 27.3 Å². The van der Waals surface area contributed by atoms with Crippen LogP contribution in [0.4, 0.5) is 0 Å². The van der Waals surface area contributed by atoms with Crippen molar-refractivity contribution in [2.45, 2.75) is 6.17 Å². The second-order valence-electron chi connectivity index (χ2n) is 11.3. The first-order valence-electron chi connectivity index (χ1n) is 15.1. The van der Waals surface area contributed by atoms with Gasteiger partial charge in [-0.1, -0.05) is 115 Å². The number of amidine groups is 2. The fourth-order valence-electron chi connectivity index (χ4n) is 6.26. The van der Waals surface area contributed by atoms with E-state index in [4.69, 9.17) is 19.4 Å². The van der Waals surface area contributed by atoms with E-state index in [0.717, 1.165) is 60.9 Å². The lowest BCUT2D eigenvalue weighted by Crippen LogP contribution is -2.33. The van der Waals surface area contributed by atoms with Gasteiger partial charge in [0.25, 0.3) is 0 Å². The molecule has 1 aliphatic rings. The zero-order chi connectivity index (χ0) is 29.7. The summed E-state index contributed by atoms with van der Waals surface area (Å²) < 4.78 is 6.54. The fourth-order valence-corrected chi connectivity index (χ4v) is 6.26. The van der Waals surface area contributed by atoms with Crippen molar-refractivity contribution in [3.05, 3.63) is 162 Å². The van der Waals surface area contributed by atoms with Crippen molar-refractivity contribution in [1.82, 2.24) is 10.3 Å². The van der Waals surface area contributed by atoms with Crippen molar-refractivity contribution in [2.75, 3.05) is 0 Å². The highest BCUT2D eigenvalue weighted by molar-refractivity contribution is 6.23. The molecule has 0 aliphatic carbocycles. The molecule has 2 aromatic heterocycles. The molecule has 45 heavy (non-hydrogen) atoms. The van der Waals surface area contributed by atoms with Gasteiger partial charge in [0.05, 0.1) is 5.52 Å². The Morgan fingerprint density at radius 1 is 0.578 bits per heavy atom. The molecule has 0 bridgehead atoms. The van der Waals surface area contributed by atoms with Gasteiger partial charge in [-0.05, 0) is 57.8 Å². The molecule has 5 heteroatoms. The smallest absolute Gasteiger partial charge is 0.227 e. The summed E-state index contributed by atoms with van der Waals surface area (Å²) in [4.78, 5) is 15.2. The molecule has 1 N–H and O–H groups in total. The third-order valence-corrected chi connectivity index (χ3v) is 8.49. The number of rotatable bonds is 4. The summed E-state index contributed by atoms with van der Waals surface area (Å²) in [5.74, 6) is 1.42. The largest absolute Gasteiger partial charge is 0.438 e. The first-order chi connectivity index (χ1) is 22.3. The molecule has 6 aromatic carbocycles. The van der Waals surface area contributed by atoms with E-state index < -0.39 is 0 Å². The Morgan fingerprint density at radius 3 is 2.16 bits per heavy atom. The number of benzene rings is 6. The van der Waals surface area contributed by atoms with Crippen molar-refractivity contribution in [2.24, 2.45) is 9.98 Å². The predicted octanol–water partition coefficient (Wildman–Crippen LogP) is 9.45. The van der Waals surface area contributed by atoms with Crippen molar-refractivity contribution in [3.63, 3.8) is 0 Å². The highest BCUT2D eigenvalue weighted by Gasteiger charge is 2.25. The highest BCUT2D eigenvalue weighted by Crippen LogP contribution is 2.38. The summed E-state index contributed by atoms with van der Waals surface area (Å²) in [7, 11) is 0. The predicted molar refractivity (Wildman–Crippen MR) is 184 cm³/mol. The number of aromatic nitrogens is 1. The molecule has 0 spiro atoms. The van der Waals surface area contributed by atoms with Gasteiger partial charge >= 0.3 is 0 Å². The number of para-hydroxylation sites is 1. The number of pyridine rings is 1. The number of nitrogens with zero attached hydrogens (tertiary/aromatic N) is 3. The molecule has 0 saturated carbocycles. The van der Waals surface area contributed by atoms with E-state index in [-0.39, 0.29) is 6.17 Å². The van der Waals surface area contributed by atoms with E-state index >= 15 is 0 Å². The lowest BCUT2D eigenvalue weighted by atomic mass is 9.96. The molecule has 0 amide bonds. The van der Waals surface area contributed by atoms with Gasteiger partial charge in [0.15, 0.2) is 5.84 Å². The van der Waals surface area contributed by atoms with Crippen LogP contribution >= 0.6 is 0 Å². The van der Waals surface area contributed by atoms with Gasteiger partial charge in [0.2, 0.25) is 5.71 Å². The standard InChI is InChI=1S/C40H26N4O/c1-3-12-26(13-4-1)37-42-38(27-14-5-2-6-15-27)44-39(43-37)32-23-31(29-20-19-25-11-7-8-16-28(25)21-29)24-35-36(32)33-22-30-17-9-10-18-34(30)41-40(33)45-35/h1-24,37H,(H,42,43,44). The maximum atomic E-state index is 6.54. The molecule has 1 unspecified atom stereocenters. The van der Waals surface area contributed by atoms with E-state index in [1.165, 1.54) is 10.8 Å². The van der Waals surface area contributed by atoms with Crippen LogP contribution < -0.4 is 5.32 Å². The summed E-state index contributed by atoms with van der Waals surface area (Å²) in [6, 6.07) is 50.1. The van der Waals surface area contributed by atoms with E-state index in [1.54, 1.807) is 0 Å². The van der Waals surface area contributed by atoms with Crippen molar-refractivity contribution >= 4 is 55.4 Å². The second kappa shape index (κ2) is 10.3. The quantitative estimate of drug-likeness (QED) is 0.226. The minimum atomic E-state index is -0.314. The number of aliphatic imine (C=N–C) groups is 2. The Bertz CT molecular complexity index is 2460. The molecular weight excluding hydrogens is 552 g/mol. The van der Waals surface area contributed by atoms with E-state index in [1.807, 2.05) is 54.6 Å².